The van der Waals surface area contributed by atoms with Crippen molar-refractivity contribution in [1.29, 1.82) is 0 Å². The van der Waals surface area contributed by atoms with Gasteiger partial charge in [-0.3, -0.25) is 4.79 Å². The van der Waals surface area contributed by atoms with E-state index in [-0.39, 0.29) is 30.6 Å². The monoisotopic (exact) mass is 460 g/mol. The summed E-state index contributed by atoms with van der Waals surface area (Å²) in [7, 11) is 0. The highest BCUT2D eigenvalue weighted by molar-refractivity contribution is 6.36. The molecule has 0 spiro atoms. The Balaban J connectivity index is 1.34. The third-order valence-electron chi connectivity index (χ3n) is 6.16. The van der Waals surface area contributed by atoms with E-state index >= 15 is 0 Å². The molecule has 0 aromatic heterocycles. The molecule has 2 aliphatic rings. The first-order valence-corrected chi connectivity index (χ1v) is 11.5. The summed E-state index contributed by atoms with van der Waals surface area (Å²) in [6.45, 7) is 2.12. The van der Waals surface area contributed by atoms with Crippen molar-refractivity contribution >= 4 is 35.2 Å². The predicted octanol–water partition coefficient (Wildman–Crippen LogP) is 5.19. The third-order valence-corrected chi connectivity index (χ3v) is 6.87. The fourth-order valence-electron chi connectivity index (χ4n) is 4.47. The smallest absolute Gasteiger partial charge is 0.410 e. The molecule has 4 rings (SSSR count). The van der Waals surface area contributed by atoms with E-state index in [4.69, 9.17) is 27.9 Å². The van der Waals surface area contributed by atoms with Crippen molar-refractivity contribution in [3.8, 4) is 0 Å². The first-order chi connectivity index (χ1) is 15.0. The standard InChI is InChI=1S/C24H26Cl2N2O3/c25-21-9-4-10-22(26)20(21)14-18-11-13-28(23(18)29)19-8-5-12-27(15-19)24(30)31-16-17-6-2-1-3-7-17/h1-4,6-7,9-10,18-19H,5,8,11-16H2. The summed E-state index contributed by atoms with van der Waals surface area (Å²) >= 11 is 12.6. The topological polar surface area (TPSA) is 49.9 Å². The second-order valence-corrected chi connectivity index (χ2v) is 9.02. The molecule has 0 saturated carbocycles. The molecule has 2 aliphatic heterocycles. The number of nitrogens with zero attached hydrogens (tertiary/aromatic N) is 2. The Morgan fingerprint density at radius 1 is 1.00 bits per heavy atom. The molecule has 2 atom stereocenters. The lowest BCUT2D eigenvalue weighted by Crippen LogP contribution is -2.50. The molecule has 2 amide bonds. The second kappa shape index (κ2) is 9.92. The third kappa shape index (κ3) is 5.16. The maximum Gasteiger partial charge on any atom is 0.410 e. The van der Waals surface area contributed by atoms with Gasteiger partial charge in [0.05, 0.1) is 0 Å². The number of amides is 2. The van der Waals surface area contributed by atoms with Crippen LogP contribution < -0.4 is 0 Å². The van der Waals surface area contributed by atoms with Gasteiger partial charge in [0.15, 0.2) is 0 Å². The summed E-state index contributed by atoms with van der Waals surface area (Å²) in [6, 6.07) is 15.1. The number of ether oxygens (including phenoxy) is 1. The number of benzene rings is 2. The SMILES string of the molecule is O=C(OCc1ccccc1)N1CCCC(N2CCC(Cc3c(Cl)cccc3Cl)C2=O)C1. The number of carbonyl (C=O) groups excluding carboxylic acids is 2. The van der Waals surface area contributed by atoms with Gasteiger partial charge in [-0.1, -0.05) is 59.6 Å². The van der Waals surface area contributed by atoms with Crippen LogP contribution in [0.2, 0.25) is 10.0 Å². The Morgan fingerprint density at radius 3 is 2.48 bits per heavy atom. The van der Waals surface area contributed by atoms with E-state index in [9.17, 15) is 9.59 Å². The lowest BCUT2D eigenvalue weighted by atomic mass is 9.97. The lowest BCUT2D eigenvalue weighted by Gasteiger charge is -2.37. The molecule has 31 heavy (non-hydrogen) atoms. The van der Waals surface area contributed by atoms with E-state index in [0.29, 0.717) is 36.1 Å². The molecule has 164 valence electrons. The molecular weight excluding hydrogens is 435 g/mol. The number of hydrogen-bond acceptors (Lipinski definition) is 3. The first-order valence-electron chi connectivity index (χ1n) is 10.7. The molecule has 5 nitrogen and oxygen atoms in total. The number of likely N-dealkylation sites (tertiary alicyclic amines) is 2. The zero-order valence-corrected chi connectivity index (χ0v) is 18.8. The maximum atomic E-state index is 13.1. The van der Waals surface area contributed by atoms with Crippen LogP contribution in [0.3, 0.4) is 0 Å². The number of piperidine rings is 1. The maximum absolute atomic E-state index is 13.1. The minimum atomic E-state index is -0.320. The van der Waals surface area contributed by atoms with Crippen LogP contribution in [0.4, 0.5) is 4.79 Å². The van der Waals surface area contributed by atoms with Gasteiger partial charge in [0.2, 0.25) is 5.91 Å². The Labute approximate surface area is 192 Å². The van der Waals surface area contributed by atoms with Crippen LogP contribution in [-0.4, -0.2) is 47.5 Å². The van der Waals surface area contributed by atoms with Crippen molar-refractivity contribution in [3.63, 3.8) is 0 Å². The van der Waals surface area contributed by atoms with Gasteiger partial charge in [0.1, 0.15) is 6.61 Å². The van der Waals surface area contributed by atoms with Gasteiger partial charge in [0, 0.05) is 41.6 Å². The predicted molar refractivity (Wildman–Crippen MR) is 121 cm³/mol. The van der Waals surface area contributed by atoms with Crippen molar-refractivity contribution in [2.75, 3.05) is 19.6 Å². The summed E-state index contributed by atoms with van der Waals surface area (Å²) in [6.07, 6.45) is 2.75. The zero-order valence-electron chi connectivity index (χ0n) is 17.3. The summed E-state index contributed by atoms with van der Waals surface area (Å²) in [5, 5.41) is 1.20. The number of rotatable bonds is 5. The lowest BCUT2D eigenvalue weighted by molar-refractivity contribution is -0.133. The highest BCUT2D eigenvalue weighted by Gasteiger charge is 2.38. The van der Waals surface area contributed by atoms with E-state index in [1.807, 2.05) is 41.3 Å². The molecule has 7 heteroatoms. The van der Waals surface area contributed by atoms with Crippen LogP contribution in [0, 0.1) is 5.92 Å². The number of hydrogen-bond donors (Lipinski definition) is 0. The van der Waals surface area contributed by atoms with Gasteiger partial charge in [-0.2, -0.15) is 0 Å². The highest BCUT2D eigenvalue weighted by Crippen LogP contribution is 2.32. The van der Waals surface area contributed by atoms with E-state index < -0.39 is 0 Å². The van der Waals surface area contributed by atoms with Crippen LogP contribution in [0.1, 0.15) is 30.4 Å². The Kier molecular flexibility index (Phi) is 7.03. The molecular formula is C24H26Cl2N2O3. The minimum Gasteiger partial charge on any atom is -0.445 e. The first kappa shape index (κ1) is 22.0. The molecule has 2 saturated heterocycles. The average molecular weight is 461 g/mol. The number of carbonyl (C=O) groups is 2. The molecule has 2 heterocycles. The van der Waals surface area contributed by atoms with Crippen LogP contribution in [0.15, 0.2) is 48.5 Å². The van der Waals surface area contributed by atoms with Crippen molar-refractivity contribution in [3.05, 3.63) is 69.7 Å². The summed E-state index contributed by atoms with van der Waals surface area (Å²) in [5.41, 5.74) is 1.79. The van der Waals surface area contributed by atoms with Crippen LogP contribution in [-0.2, 0) is 22.6 Å². The van der Waals surface area contributed by atoms with Crippen LogP contribution >= 0.6 is 23.2 Å². The molecule has 2 aromatic carbocycles. The summed E-state index contributed by atoms with van der Waals surface area (Å²) < 4.78 is 5.49. The van der Waals surface area contributed by atoms with Gasteiger partial charge in [0.25, 0.3) is 0 Å². The molecule has 2 unspecified atom stereocenters. The quantitative estimate of drug-likeness (QED) is 0.616. The van der Waals surface area contributed by atoms with E-state index in [1.165, 1.54) is 0 Å². The van der Waals surface area contributed by atoms with Gasteiger partial charge in [-0.05, 0) is 48.9 Å². The van der Waals surface area contributed by atoms with Gasteiger partial charge in [-0.15, -0.1) is 0 Å². The van der Waals surface area contributed by atoms with Gasteiger partial charge < -0.3 is 14.5 Å². The van der Waals surface area contributed by atoms with E-state index in [1.54, 1.807) is 17.0 Å². The fourth-order valence-corrected chi connectivity index (χ4v) is 5.03. The van der Waals surface area contributed by atoms with Crippen molar-refractivity contribution in [2.45, 2.75) is 38.3 Å². The molecule has 0 N–H and O–H groups in total. The normalized spacial score (nSPS) is 21.4. The Hall–Kier alpha value is -2.24. The average Bonchev–Trinajstić information content (AvgIpc) is 3.15. The number of halogens is 2. The van der Waals surface area contributed by atoms with Gasteiger partial charge >= 0.3 is 6.09 Å². The summed E-state index contributed by atoms with van der Waals surface area (Å²) in [5.74, 6) is -0.00158. The summed E-state index contributed by atoms with van der Waals surface area (Å²) in [4.78, 5) is 29.4. The molecule has 0 radical (unpaired) electrons. The van der Waals surface area contributed by atoms with Crippen molar-refractivity contribution in [2.24, 2.45) is 5.92 Å². The molecule has 2 fully saturated rings. The molecule has 2 aromatic rings. The molecule has 0 bridgehead atoms. The highest BCUT2D eigenvalue weighted by atomic mass is 35.5. The second-order valence-electron chi connectivity index (χ2n) is 8.20. The minimum absolute atomic E-state index is 0.0252. The largest absolute Gasteiger partial charge is 0.445 e. The Morgan fingerprint density at radius 2 is 1.74 bits per heavy atom. The van der Waals surface area contributed by atoms with E-state index in [0.717, 1.165) is 30.4 Å². The van der Waals surface area contributed by atoms with Crippen LogP contribution in [0.5, 0.6) is 0 Å². The molecule has 0 aliphatic carbocycles. The zero-order chi connectivity index (χ0) is 21.8. The van der Waals surface area contributed by atoms with Gasteiger partial charge in [-0.25, -0.2) is 4.79 Å². The Bertz CT molecular complexity index is 917. The van der Waals surface area contributed by atoms with Crippen LogP contribution in [0.25, 0.3) is 0 Å². The fraction of sp³-hybridized carbons (Fsp3) is 0.417. The van der Waals surface area contributed by atoms with E-state index in [2.05, 4.69) is 0 Å². The van der Waals surface area contributed by atoms with Crippen molar-refractivity contribution < 1.29 is 14.3 Å². The van der Waals surface area contributed by atoms with Crippen molar-refractivity contribution in [1.82, 2.24) is 9.80 Å².